The fraction of sp³-hybridized carbons (Fsp3) is 0.647. The topological polar surface area (TPSA) is 41.7 Å². The number of piperazine rings is 1. The lowest BCUT2D eigenvalue weighted by molar-refractivity contribution is 0.0533. The van der Waals surface area contributed by atoms with Gasteiger partial charge in [0, 0.05) is 56.3 Å². The molecule has 2 heterocycles. The Balaban J connectivity index is 1.55. The lowest BCUT2D eigenvalue weighted by Crippen LogP contribution is -2.57. The molecular weight excluding hydrogens is 262 g/mol. The van der Waals surface area contributed by atoms with Gasteiger partial charge in [-0.1, -0.05) is 18.2 Å². The van der Waals surface area contributed by atoms with Crippen LogP contribution < -0.4 is 10.5 Å². The summed E-state index contributed by atoms with van der Waals surface area (Å²) in [7, 11) is 0. The van der Waals surface area contributed by atoms with E-state index in [0.29, 0.717) is 5.92 Å². The number of para-hydroxylation sites is 1. The Morgan fingerprint density at radius 1 is 1.19 bits per heavy atom. The minimum Gasteiger partial charge on any atom is -0.493 e. The van der Waals surface area contributed by atoms with Crippen molar-refractivity contribution in [3.63, 3.8) is 0 Å². The third-order valence-electron chi connectivity index (χ3n) is 5.01. The first-order chi connectivity index (χ1) is 10.1. The molecule has 0 radical (unpaired) electrons. The first-order valence-corrected chi connectivity index (χ1v) is 7.99. The Morgan fingerprint density at radius 3 is 2.62 bits per heavy atom. The molecule has 4 nitrogen and oxygen atoms in total. The van der Waals surface area contributed by atoms with Crippen molar-refractivity contribution in [1.29, 1.82) is 0 Å². The number of ether oxygens (including phenoxy) is 1. The normalized spacial score (nSPS) is 23.9. The van der Waals surface area contributed by atoms with Crippen LogP contribution in [0.3, 0.4) is 0 Å². The molecule has 1 unspecified atom stereocenters. The van der Waals surface area contributed by atoms with Gasteiger partial charge in [0.25, 0.3) is 0 Å². The Kier molecular flexibility index (Phi) is 4.20. The van der Waals surface area contributed by atoms with E-state index in [2.05, 4.69) is 47.9 Å². The van der Waals surface area contributed by atoms with Crippen molar-refractivity contribution in [1.82, 2.24) is 9.80 Å². The van der Waals surface area contributed by atoms with Crippen LogP contribution in [0.5, 0.6) is 5.75 Å². The summed E-state index contributed by atoms with van der Waals surface area (Å²) in [6.45, 7) is 11.6. The van der Waals surface area contributed by atoms with Crippen LogP contribution in [0.15, 0.2) is 24.3 Å². The average molecular weight is 289 g/mol. The van der Waals surface area contributed by atoms with Gasteiger partial charge in [0.2, 0.25) is 0 Å². The zero-order valence-electron chi connectivity index (χ0n) is 13.2. The summed E-state index contributed by atoms with van der Waals surface area (Å²) in [4.78, 5) is 5.09. The number of benzene rings is 1. The molecule has 0 aromatic heterocycles. The van der Waals surface area contributed by atoms with Crippen molar-refractivity contribution in [2.24, 2.45) is 5.73 Å². The summed E-state index contributed by atoms with van der Waals surface area (Å²) in [5, 5.41) is 0. The van der Waals surface area contributed by atoms with Crippen molar-refractivity contribution in [3.8, 4) is 5.75 Å². The van der Waals surface area contributed by atoms with Crippen LogP contribution in [0.25, 0.3) is 0 Å². The predicted molar refractivity (Wildman–Crippen MR) is 85.8 cm³/mol. The third-order valence-corrected chi connectivity index (χ3v) is 5.01. The van der Waals surface area contributed by atoms with E-state index in [0.717, 1.165) is 51.6 Å². The molecule has 0 amide bonds. The lowest BCUT2D eigenvalue weighted by atomic mass is 9.99. The van der Waals surface area contributed by atoms with E-state index in [1.165, 1.54) is 5.56 Å². The summed E-state index contributed by atoms with van der Waals surface area (Å²) in [6.07, 6.45) is 0. The van der Waals surface area contributed by atoms with Gasteiger partial charge in [0.05, 0.1) is 6.61 Å². The molecule has 1 saturated heterocycles. The quantitative estimate of drug-likeness (QED) is 0.912. The number of nitrogens with two attached hydrogens (primary N) is 1. The molecule has 0 saturated carbocycles. The molecule has 2 N–H and O–H groups in total. The minimum atomic E-state index is 0.120. The highest BCUT2D eigenvalue weighted by Crippen LogP contribution is 2.34. The van der Waals surface area contributed by atoms with Crippen molar-refractivity contribution >= 4 is 0 Å². The minimum absolute atomic E-state index is 0.120. The van der Waals surface area contributed by atoms with E-state index in [4.69, 9.17) is 10.5 Å². The first-order valence-electron chi connectivity index (χ1n) is 7.99. The van der Waals surface area contributed by atoms with Gasteiger partial charge < -0.3 is 15.4 Å². The van der Waals surface area contributed by atoms with Gasteiger partial charge in [-0.05, 0) is 19.9 Å². The second-order valence-electron chi connectivity index (χ2n) is 6.85. The number of rotatable bonds is 4. The molecule has 0 aliphatic carbocycles. The van der Waals surface area contributed by atoms with E-state index in [9.17, 15) is 0 Å². The highest BCUT2D eigenvalue weighted by Gasteiger charge is 2.31. The SMILES string of the molecule is CC(C)(CN)N1CCN(CC2COc3ccccc32)CC1. The average Bonchev–Trinajstić information content (AvgIpc) is 2.91. The van der Waals surface area contributed by atoms with Gasteiger partial charge in [-0.15, -0.1) is 0 Å². The highest BCUT2D eigenvalue weighted by atomic mass is 16.5. The second kappa shape index (κ2) is 5.95. The molecule has 1 aromatic rings. The number of hydrogen-bond acceptors (Lipinski definition) is 4. The molecule has 1 aromatic carbocycles. The van der Waals surface area contributed by atoms with Gasteiger partial charge in [0.15, 0.2) is 0 Å². The first kappa shape index (κ1) is 14.8. The van der Waals surface area contributed by atoms with Crippen molar-refractivity contribution in [2.45, 2.75) is 25.3 Å². The summed E-state index contributed by atoms with van der Waals surface area (Å²) >= 11 is 0. The zero-order chi connectivity index (χ0) is 14.9. The Morgan fingerprint density at radius 2 is 1.90 bits per heavy atom. The van der Waals surface area contributed by atoms with E-state index >= 15 is 0 Å². The molecule has 1 fully saturated rings. The molecule has 0 bridgehead atoms. The highest BCUT2D eigenvalue weighted by molar-refractivity contribution is 5.39. The molecule has 0 spiro atoms. The fourth-order valence-corrected chi connectivity index (χ4v) is 3.36. The Labute approximate surface area is 127 Å². The third kappa shape index (κ3) is 3.07. The van der Waals surface area contributed by atoms with Crippen molar-refractivity contribution in [2.75, 3.05) is 45.9 Å². The monoisotopic (exact) mass is 289 g/mol. The molecule has 1 atom stereocenters. The molecule has 21 heavy (non-hydrogen) atoms. The second-order valence-corrected chi connectivity index (χ2v) is 6.85. The molecule has 2 aliphatic heterocycles. The van der Waals surface area contributed by atoms with E-state index in [-0.39, 0.29) is 5.54 Å². The molecular formula is C17H27N3O. The lowest BCUT2D eigenvalue weighted by Gasteiger charge is -2.44. The summed E-state index contributed by atoms with van der Waals surface area (Å²) in [5.74, 6) is 1.60. The summed E-state index contributed by atoms with van der Waals surface area (Å²) in [5.41, 5.74) is 7.38. The van der Waals surface area contributed by atoms with Gasteiger partial charge in [0.1, 0.15) is 5.75 Å². The summed E-state index contributed by atoms with van der Waals surface area (Å²) < 4.78 is 5.79. The molecule has 116 valence electrons. The molecule has 3 rings (SSSR count). The van der Waals surface area contributed by atoms with Crippen LogP contribution >= 0.6 is 0 Å². The van der Waals surface area contributed by atoms with E-state index < -0.39 is 0 Å². The maximum atomic E-state index is 5.89. The van der Waals surface area contributed by atoms with Crippen LogP contribution in [-0.4, -0.2) is 61.2 Å². The largest absolute Gasteiger partial charge is 0.493 e. The van der Waals surface area contributed by atoms with Gasteiger partial charge >= 0.3 is 0 Å². The van der Waals surface area contributed by atoms with Crippen molar-refractivity contribution in [3.05, 3.63) is 29.8 Å². The summed E-state index contributed by atoms with van der Waals surface area (Å²) in [6, 6.07) is 8.45. The van der Waals surface area contributed by atoms with E-state index in [1.54, 1.807) is 0 Å². The van der Waals surface area contributed by atoms with Crippen LogP contribution in [0.1, 0.15) is 25.3 Å². The molecule has 4 heteroatoms. The van der Waals surface area contributed by atoms with E-state index in [1.807, 2.05) is 0 Å². The number of hydrogen-bond donors (Lipinski definition) is 1. The number of fused-ring (bicyclic) bond motifs is 1. The Bertz CT molecular complexity index is 481. The molecule has 2 aliphatic rings. The zero-order valence-corrected chi connectivity index (χ0v) is 13.2. The van der Waals surface area contributed by atoms with Crippen LogP contribution in [-0.2, 0) is 0 Å². The van der Waals surface area contributed by atoms with Crippen LogP contribution in [0.4, 0.5) is 0 Å². The fourth-order valence-electron chi connectivity index (χ4n) is 3.36. The van der Waals surface area contributed by atoms with Crippen LogP contribution in [0, 0.1) is 0 Å². The smallest absolute Gasteiger partial charge is 0.122 e. The number of nitrogens with zero attached hydrogens (tertiary/aromatic N) is 2. The predicted octanol–water partition coefficient (Wildman–Crippen LogP) is 1.52. The van der Waals surface area contributed by atoms with Gasteiger partial charge in [-0.2, -0.15) is 0 Å². The van der Waals surface area contributed by atoms with Crippen molar-refractivity contribution < 1.29 is 4.74 Å². The maximum absolute atomic E-state index is 5.89. The van der Waals surface area contributed by atoms with Gasteiger partial charge in [-0.3, -0.25) is 4.90 Å². The van der Waals surface area contributed by atoms with Crippen LogP contribution in [0.2, 0.25) is 0 Å². The van der Waals surface area contributed by atoms with Gasteiger partial charge in [-0.25, -0.2) is 0 Å². The standard InChI is InChI=1S/C17H27N3O/c1-17(2,13-18)20-9-7-19(8-10-20)11-14-12-21-16-6-4-3-5-15(14)16/h3-6,14H,7-13,18H2,1-2H3. The maximum Gasteiger partial charge on any atom is 0.122 e. The Hall–Kier alpha value is -1.10.